The lowest BCUT2D eigenvalue weighted by Gasteiger charge is -2.20. The number of aliphatic hydroxyl groups is 1. The van der Waals surface area contributed by atoms with Gasteiger partial charge in [-0.2, -0.15) is 0 Å². The fourth-order valence-corrected chi connectivity index (χ4v) is 2.41. The van der Waals surface area contributed by atoms with Gasteiger partial charge in [0.05, 0.1) is 18.0 Å². The summed E-state index contributed by atoms with van der Waals surface area (Å²) in [6, 6.07) is 10.8. The van der Waals surface area contributed by atoms with Crippen molar-refractivity contribution in [1.82, 2.24) is 10.3 Å². The Bertz CT molecular complexity index is 670. The number of aliphatic hydroxyl groups excluding tert-OH is 1. The molecule has 0 saturated heterocycles. The van der Waals surface area contributed by atoms with Crippen LogP contribution in [0.1, 0.15) is 25.1 Å². The van der Waals surface area contributed by atoms with Crippen LogP contribution in [0.2, 0.25) is 0 Å². The van der Waals surface area contributed by atoms with Gasteiger partial charge in [-0.25, -0.2) is 9.37 Å². The molecule has 1 aromatic carbocycles. The van der Waals surface area contributed by atoms with E-state index < -0.39 is 0 Å². The Kier molecular flexibility index (Phi) is 6.02. The SMILES string of the molecule is C=Cc1ccccc1-c1ccc(F)c(CN[C@@H](CO)C(C)C)n1. The van der Waals surface area contributed by atoms with E-state index in [1.807, 2.05) is 38.1 Å². The average molecular weight is 314 g/mol. The number of rotatable bonds is 7. The molecule has 122 valence electrons. The van der Waals surface area contributed by atoms with Crippen LogP contribution in [-0.4, -0.2) is 22.7 Å². The molecular weight excluding hydrogens is 291 g/mol. The van der Waals surface area contributed by atoms with Gasteiger partial charge in [0, 0.05) is 18.2 Å². The van der Waals surface area contributed by atoms with Crippen LogP contribution in [0.15, 0.2) is 43.0 Å². The number of pyridine rings is 1. The van der Waals surface area contributed by atoms with E-state index in [9.17, 15) is 9.50 Å². The molecule has 3 nitrogen and oxygen atoms in total. The zero-order valence-corrected chi connectivity index (χ0v) is 13.6. The molecule has 0 fully saturated rings. The van der Waals surface area contributed by atoms with Crippen molar-refractivity contribution < 1.29 is 9.50 Å². The van der Waals surface area contributed by atoms with Crippen LogP contribution >= 0.6 is 0 Å². The zero-order chi connectivity index (χ0) is 16.8. The number of aromatic nitrogens is 1. The average Bonchev–Trinajstić information content (AvgIpc) is 2.56. The maximum atomic E-state index is 14.0. The fraction of sp³-hybridized carbons (Fsp3) is 0.316. The molecule has 2 aromatic rings. The molecule has 2 rings (SSSR count). The van der Waals surface area contributed by atoms with Gasteiger partial charge in [-0.3, -0.25) is 0 Å². The second kappa shape index (κ2) is 7.99. The Hall–Kier alpha value is -2.04. The van der Waals surface area contributed by atoms with Crippen LogP contribution in [0.25, 0.3) is 17.3 Å². The number of hydrogen-bond donors (Lipinski definition) is 2. The standard InChI is InChI=1S/C19H23FN2O/c1-4-14-7-5-6-8-15(14)17-10-9-16(20)18(22-17)11-21-19(12-23)13(2)3/h4-10,13,19,21,23H,1,11-12H2,2-3H3/t19-/m0/s1. The highest BCUT2D eigenvalue weighted by Gasteiger charge is 2.14. The molecule has 0 saturated carbocycles. The van der Waals surface area contributed by atoms with Crippen LogP contribution in [0.4, 0.5) is 4.39 Å². The van der Waals surface area contributed by atoms with E-state index >= 15 is 0 Å². The zero-order valence-electron chi connectivity index (χ0n) is 13.6. The predicted octanol–water partition coefficient (Wildman–Crippen LogP) is 3.64. The summed E-state index contributed by atoms with van der Waals surface area (Å²) >= 11 is 0. The van der Waals surface area contributed by atoms with E-state index in [4.69, 9.17) is 0 Å². The van der Waals surface area contributed by atoms with Crippen molar-refractivity contribution >= 4 is 6.08 Å². The molecule has 1 atom stereocenters. The Morgan fingerprint density at radius 2 is 2.00 bits per heavy atom. The van der Waals surface area contributed by atoms with Crippen molar-refractivity contribution in [3.05, 3.63) is 60.1 Å². The first-order valence-corrected chi connectivity index (χ1v) is 7.78. The van der Waals surface area contributed by atoms with Crippen LogP contribution in [-0.2, 0) is 6.54 Å². The van der Waals surface area contributed by atoms with Crippen LogP contribution in [0, 0.1) is 11.7 Å². The fourth-order valence-electron chi connectivity index (χ4n) is 2.41. The first kappa shape index (κ1) is 17.3. The maximum Gasteiger partial charge on any atom is 0.146 e. The van der Waals surface area contributed by atoms with Crippen molar-refractivity contribution in [2.24, 2.45) is 5.92 Å². The molecular formula is C19H23FN2O. The summed E-state index contributed by atoms with van der Waals surface area (Å²) in [6.45, 7) is 8.11. The van der Waals surface area contributed by atoms with E-state index in [0.717, 1.165) is 11.1 Å². The van der Waals surface area contributed by atoms with Gasteiger partial charge >= 0.3 is 0 Å². The topological polar surface area (TPSA) is 45.1 Å². The Balaban J connectivity index is 2.27. The lowest BCUT2D eigenvalue weighted by atomic mass is 10.0. The van der Waals surface area contributed by atoms with Crippen molar-refractivity contribution in [3.63, 3.8) is 0 Å². The predicted molar refractivity (Wildman–Crippen MR) is 92.3 cm³/mol. The molecule has 0 aliphatic heterocycles. The third kappa shape index (κ3) is 4.24. The first-order valence-electron chi connectivity index (χ1n) is 7.78. The Morgan fingerprint density at radius 3 is 2.65 bits per heavy atom. The van der Waals surface area contributed by atoms with E-state index in [1.165, 1.54) is 6.07 Å². The Morgan fingerprint density at radius 1 is 1.26 bits per heavy atom. The van der Waals surface area contributed by atoms with Gasteiger partial charge < -0.3 is 10.4 Å². The van der Waals surface area contributed by atoms with Crippen LogP contribution < -0.4 is 5.32 Å². The summed E-state index contributed by atoms with van der Waals surface area (Å²) in [5.74, 6) is -0.0921. The quantitative estimate of drug-likeness (QED) is 0.820. The van der Waals surface area contributed by atoms with Crippen molar-refractivity contribution in [2.45, 2.75) is 26.4 Å². The van der Waals surface area contributed by atoms with E-state index in [0.29, 0.717) is 11.4 Å². The first-order chi connectivity index (χ1) is 11.1. The molecule has 23 heavy (non-hydrogen) atoms. The molecule has 0 amide bonds. The summed E-state index contributed by atoms with van der Waals surface area (Å²) in [6.07, 6.45) is 1.76. The Labute approximate surface area is 136 Å². The molecule has 2 N–H and O–H groups in total. The lowest BCUT2D eigenvalue weighted by molar-refractivity contribution is 0.209. The molecule has 0 unspecified atom stereocenters. The van der Waals surface area contributed by atoms with Crippen molar-refractivity contribution in [1.29, 1.82) is 0 Å². The molecule has 1 heterocycles. The van der Waals surface area contributed by atoms with Gasteiger partial charge in [-0.15, -0.1) is 0 Å². The molecule has 4 heteroatoms. The smallest absolute Gasteiger partial charge is 0.146 e. The summed E-state index contributed by atoms with van der Waals surface area (Å²) in [5.41, 5.74) is 2.94. The van der Waals surface area contributed by atoms with Gasteiger partial charge in [0.1, 0.15) is 5.82 Å². The van der Waals surface area contributed by atoms with Crippen LogP contribution in [0.3, 0.4) is 0 Å². The van der Waals surface area contributed by atoms with Crippen molar-refractivity contribution in [3.8, 4) is 11.3 Å². The lowest BCUT2D eigenvalue weighted by Crippen LogP contribution is -2.36. The van der Waals surface area contributed by atoms with Gasteiger partial charge in [0.15, 0.2) is 0 Å². The minimum Gasteiger partial charge on any atom is -0.395 e. The normalized spacial score (nSPS) is 12.4. The summed E-state index contributed by atoms with van der Waals surface area (Å²) in [4.78, 5) is 4.45. The summed E-state index contributed by atoms with van der Waals surface area (Å²) in [7, 11) is 0. The van der Waals surface area contributed by atoms with E-state index in [2.05, 4.69) is 16.9 Å². The van der Waals surface area contributed by atoms with E-state index in [-0.39, 0.29) is 30.9 Å². The van der Waals surface area contributed by atoms with Gasteiger partial charge in [0.2, 0.25) is 0 Å². The molecule has 1 aromatic heterocycles. The summed E-state index contributed by atoms with van der Waals surface area (Å²) in [5, 5.41) is 12.5. The minimum absolute atomic E-state index is 0.0122. The second-order valence-electron chi connectivity index (χ2n) is 5.83. The van der Waals surface area contributed by atoms with Gasteiger partial charge in [-0.1, -0.05) is 50.8 Å². The number of nitrogens with zero attached hydrogens (tertiary/aromatic N) is 1. The number of halogens is 1. The third-order valence-corrected chi connectivity index (χ3v) is 3.91. The highest BCUT2D eigenvalue weighted by molar-refractivity contribution is 5.72. The molecule has 0 radical (unpaired) electrons. The number of benzene rings is 1. The van der Waals surface area contributed by atoms with Crippen LogP contribution in [0.5, 0.6) is 0 Å². The highest BCUT2D eigenvalue weighted by Crippen LogP contribution is 2.23. The van der Waals surface area contributed by atoms with E-state index in [1.54, 1.807) is 12.1 Å². The molecule has 0 aliphatic carbocycles. The monoisotopic (exact) mass is 314 g/mol. The molecule has 0 aliphatic rings. The van der Waals surface area contributed by atoms with Crippen molar-refractivity contribution in [2.75, 3.05) is 6.61 Å². The number of nitrogens with one attached hydrogen (secondary N) is 1. The third-order valence-electron chi connectivity index (χ3n) is 3.91. The second-order valence-corrected chi connectivity index (χ2v) is 5.83. The van der Waals surface area contributed by atoms with Gasteiger partial charge in [-0.05, 0) is 23.6 Å². The minimum atomic E-state index is -0.349. The summed E-state index contributed by atoms with van der Waals surface area (Å²) < 4.78 is 14.0. The largest absolute Gasteiger partial charge is 0.395 e. The molecule has 0 bridgehead atoms. The molecule has 0 spiro atoms. The maximum absolute atomic E-state index is 14.0. The highest BCUT2D eigenvalue weighted by atomic mass is 19.1. The van der Waals surface area contributed by atoms with Gasteiger partial charge in [0.25, 0.3) is 0 Å². The number of hydrogen-bond acceptors (Lipinski definition) is 3.